The molecule has 4 heteroatoms. The second-order valence-corrected chi connectivity index (χ2v) is 4.00. The van der Waals surface area contributed by atoms with Gasteiger partial charge in [-0.3, -0.25) is 15.0 Å². The fraction of sp³-hybridized carbons (Fsp3) is 0.333. The van der Waals surface area contributed by atoms with Crippen LogP contribution in [0.2, 0.25) is 0 Å². The summed E-state index contributed by atoms with van der Waals surface area (Å²) in [7, 11) is 0. The van der Waals surface area contributed by atoms with Crippen molar-refractivity contribution in [2.45, 2.75) is 20.3 Å². The summed E-state index contributed by atoms with van der Waals surface area (Å²) in [5, 5.41) is 2.33. The molecule has 0 radical (unpaired) electrons. The first kappa shape index (κ1) is 10.7. The number of amides is 3. The Morgan fingerprint density at radius 1 is 1.19 bits per heavy atom. The minimum absolute atomic E-state index is 0.201. The second-order valence-electron chi connectivity index (χ2n) is 4.00. The zero-order valence-corrected chi connectivity index (χ0v) is 9.41. The lowest BCUT2D eigenvalue weighted by molar-refractivity contribution is -0.120. The van der Waals surface area contributed by atoms with E-state index in [0.717, 1.165) is 16.8 Å². The number of benzene rings is 1. The smallest absolute Gasteiger partial charge is 0.293 e. The lowest BCUT2D eigenvalue weighted by Gasteiger charge is -2.29. The number of anilines is 1. The third-order valence-electron chi connectivity index (χ3n) is 2.76. The summed E-state index contributed by atoms with van der Waals surface area (Å²) in [5.41, 5.74) is 3.00. The van der Waals surface area contributed by atoms with E-state index in [4.69, 9.17) is 0 Å². The van der Waals surface area contributed by atoms with Gasteiger partial charge in [0.05, 0.1) is 5.69 Å². The maximum Gasteiger partial charge on any atom is 0.328 e. The summed E-state index contributed by atoms with van der Waals surface area (Å²) >= 11 is 0. The molecule has 4 nitrogen and oxygen atoms in total. The van der Waals surface area contributed by atoms with E-state index in [1.165, 1.54) is 0 Å². The van der Waals surface area contributed by atoms with Gasteiger partial charge in [-0.2, -0.15) is 0 Å². The van der Waals surface area contributed by atoms with Gasteiger partial charge in [0.1, 0.15) is 0 Å². The Labute approximate surface area is 94.2 Å². The molecule has 0 atom stereocenters. The molecule has 0 unspecified atom stereocenters. The van der Waals surface area contributed by atoms with Gasteiger partial charge in [0.15, 0.2) is 0 Å². The van der Waals surface area contributed by atoms with Gasteiger partial charge in [0, 0.05) is 13.0 Å². The Morgan fingerprint density at radius 3 is 2.38 bits per heavy atom. The summed E-state index contributed by atoms with van der Waals surface area (Å²) in [6.07, 6.45) is 0.361. The molecular weight excluding hydrogens is 204 g/mol. The number of hydrogen-bond donors (Lipinski definition) is 1. The molecule has 16 heavy (non-hydrogen) atoms. The zero-order chi connectivity index (χ0) is 11.7. The van der Waals surface area contributed by atoms with Crippen molar-refractivity contribution in [2.75, 3.05) is 11.4 Å². The monoisotopic (exact) mass is 218 g/mol. The van der Waals surface area contributed by atoms with Crippen LogP contribution < -0.4 is 10.2 Å². The van der Waals surface area contributed by atoms with Crippen molar-refractivity contribution in [3.63, 3.8) is 0 Å². The van der Waals surface area contributed by atoms with Crippen molar-refractivity contribution in [1.29, 1.82) is 0 Å². The van der Waals surface area contributed by atoms with E-state index in [1.54, 1.807) is 4.90 Å². The van der Waals surface area contributed by atoms with Crippen LogP contribution >= 0.6 is 0 Å². The van der Waals surface area contributed by atoms with E-state index in [0.29, 0.717) is 13.0 Å². The molecule has 1 N–H and O–H groups in total. The third-order valence-corrected chi connectivity index (χ3v) is 2.76. The number of para-hydroxylation sites is 1. The van der Waals surface area contributed by atoms with E-state index in [2.05, 4.69) is 5.32 Å². The van der Waals surface area contributed by atoms with Crippen molar-refractivity contribution in [1.82, 2.24) is 5.32 Å². The first-order valence-electron chi connectivity index (χ1n) is 5.27. The van der Waals surface area contributed by atoms with Crippen molar-refractivity contribution in [3.8, 4) is 0 Å². The molecule has 0 aliphatic carbocycles. The summed E-state index contributed by atoms with van der Waals surface area (Å²) in [5.74, 6) is -0.201. The molecule has 0 saturated carbocycles. The highest BCUT2D eigenvalue weighted by Crippen LogP contribution is 2.25. The highest BCUT2D eigenvalue weighted by atomic mass is 16.2. The SMILES string of the molecule is Cc1cccc(C)c1N1CCC(=O)NC1=O. The summed E-state index contributed by atoms with van der Waals surface area (Å²) < 4.78 is 0. The van der Waals surface area contributed by atoms with Gasteiger partial charge in [0.2, 0.25) is 5.91 Å². The largest absolute Gasteiger partial charge is 0.328 e. The highest BCUT2D eigenvalue weighted by Gasteiger charge is 2.25. The number of aryl methyl sites for hydroxylation is 2. The molecule has 84 valence electrons. The van der Waals surface area contributed by atoms with Crippen molar-refractivity contribution in [3.05, 3.63) is 29.3 Å². The minimum atomic E-state index is -0.325. The van der Waals surface area contributed by atoms with Crippen LogP contribution in [-0.2, 0) is 4.79 Å². The lowest BCUT2D eigenvalue weighted by Crippen LogP contribution is -2.50. The molecule has 1 aromatic rings. The maximum absolute atomic E-state index is 11.7. The van der Waals surface area contributed by atoms with Crippen LogP contribution in [0.3, 0.4) is 0 Å². The van der Waals surface area contributed by atoms with Crippen LogP contribution in [0.25, 0.3) is 0 Å². The molecule has 1 saturated heterocycles. The maximum atomic E-state index is 11.7. The molecule has 0 aromatic heterocycles. The van der Waals surface area contributed by atoms with E-state index in [-0.39, 0.29) is 11.9 Å². The minimum Gasteiger partial charge on any atom is -0.293 e. The molecule has 3 amide bonds. The fourth-order valence-corrected chi connectivity index (χ4v) is 2.01. The molecule has 1 aliphatic heterocycles. The molecule has 1 aliphatic rings. The van der Waals surface area contributed by atoms with Gasteiger partial charge in [-0.1, -0.05) is 18.2 Å². The molecular formula is C12H14N2O2. The van der Waals surface area contributed by atoms with Crippen LogP contribution in [0.15, 0.2) is 18.2 Å². The van der Waals surface area contributed by atoms with E-state index in [1.807, 2.05) is 32.0 Å². The van der Waals surface area contributed by atoms with Crippen LogP contribution in [0.1, 0.15) is 17.5 Å². The van der Waals surface area contributed by atoms with Gasteiger partial charge in [-0.25, -0.2) is 4.79 Å². The van der Waals surface area contributed by atoms with Crippen LogP contribution in [-0.4, -0.2) is 18.5 Å². The Bertz CT molecular complexity index is 434. The number of rotatable bonds is 1. The normalized spacial score (nSPS) is 16.2. The zero-order valence-electron chi connectivity index (χ0n) is 9.41. The number of carbonyl (C=O) groups is 2. The predicted molar refractivity (Wildman–Crippen MR) is 61.4 cm³/mol. The molecule has 1 heterocycles. The Morgan fingerprint density at radius 2 is 1.81 bits per heavy atom. The number of hydrogen-bond acceptors (Lipinski definition) is 2. The van der Waals surface area contributed by atoms with Crippen molar-refractivity contribution in [2.24, 2.45) is 0 Å². The Kier molecular flexibility index (Phi) is 2.64. The second kappa shape index (κ2) is 3.96. The topological polar surface area (TPSA) is 49.4 Å². The van der Waals surface area contributed by atoms with Crippen molar-refractivity contribution < 1.29 is 9.59 Å². The molecule has 0 bridgehead atoms. The first-order valence-corrected chi connectivity index (χ1v) is 5.27. The number of carbonyl (C=O) groups excluding carboxylic acids is 2. The Balaban J connectivity index is 2.37. The van der Waals surface area contributed by atoms with Crippen LogP contribution in [0.5, 0.6) is 0 Å². The van der Waals surface area contributed by atoms with E-state index < -0.39 is 0 Å². The van der Waals surface area contributed by atoms with Crippen molar-refractivity contribution >= 4 is 17.6 Å². The molecule has 0 spiro atoms. The lowest BCUT2D eigenvalue weighted by atomic mass is 10.1. The number of nitrogens with zero attached hydrogens (tertiary/aromatic N) is 1. The van der Waals surface area contributed by atoms with Gasteiger partial charge in [-0.15, -0.1) is 0 Å². The first-order chi connectivity index (χ1) is 7.59. The Hall–Kier alpha value is -1.84. The summed E-state index contributed by atoms with van der Waals surface area (Å²) in [6, 6.07) is 5.56. The number of imide groups is 1. The van der Waals surface area contributed by atoms with Gasteiger partial charge >= 0.3 is 6.03 Å². The third kappa shape index (κ3) is 1.78. The summed E-state index contributed by atoms with van der Waals surface area (Å²) in [6.45, 7) is 4.38. The quantitative estimate of drug-likeness (QED) is 0.780. The molecule has 2 rings (SSSR count). The van der Waals surface area contributed by atoms with Crippen LogP contribution in [0.4, 0.5) is 10.5 Å². The van der Waals surface area contributed by atoms with Gasteiger partial charge in [-0.05, 0) is 25.0 Å². The molecule has 1 fully saturated rings. The van der Waals surface area contributed by atoms with E-state index in [9.17, 15) is 9.59 Å². The van der Waals surface area contributed by atoms with Gasteiger partial charge < -0.3 is 0 Å². The predicted octanol–water partition coefficient (Wildman–Crippen LogP) is 1.75. The number of urea groups is 1. The summed E-state index contributed by atoms with van der Waals surface area (Å²) in [4.78, 5) is 24.4. The van der Waals surface area contributed by atoms with Crippen LogP contribution in [0, 0.1) is 13.8 Å². The highest BCUT2D eigenvalue weighted by molar-refractivity contribution is 6.06. The average molecular weight is 218 g/mol. The average Bonchev–Trinajstić information content (AvgIpc) is 2.20. The van der Waals surface area contributed by atoms with E-state index >= 15 is 0 Å². The van der Waals surface area contributed by atoms with Gasteiger partial charge in [0.25, 0.3) is 0 Å². The molecule has 1 aromatic carbocycles. The standard InChI is InChI=1S/C12H14N2O2/c1-8-4-3-5-9(2)11(8)14-7-6-10(15)13-12(14)16/h3-5H,6-7H2,1-2H3,(H,13,15,16). The number of nitrogens with one attached hydrogen (secondary N) is 1. The fourth-order valence-electron chi connectivity index (χ4n) is 2.01.